The lowest BCUT2D eigenvalue weighted by Gasteiger charge is -2.16. The number of hydrogen-bond donors (Lipinski definition) is 0. The van der Waals surface area contributed by atoms with Crippen LogP contribution in [0.4, 0.5) is 0 Å². The Bertz CT molecular complexity index is 554. The molecule has 1 aliphatic carbocycles. The number of rotatable bonds is 5. The van der Waals surface area contributed by atoms with Crippen LogP contribution < -0.4 is 0 Å². The zero-order valence-corrected chi connectivity index (χ0v) is 11.2. The first-order valence-electron chi connectivity index (χ1n) is 5.96. The van der Waals surface area contributed by atoms with Gasteiger partial charge < -0.3 is 0 Å². The molecule has 0 spiro atoms. The van der Waals surface area contributed by atoms with Crippen LogP contribution in [0.5, 0.6) is 0 Å². The number of benzene rings is 1. The van der Waals surface area contributed by atoms with Crippen molar-refractivity contribution in [3.63, 3.8) is 0 Å². The van der Waals surface area contributed by atoms with E-state index in [2.05, 4.69) is 0 Å². The summed E-state index contributed by atoms with van der Waals surface area (Å²) in [5, 5.41) is 8.57. The minimum absolute atomic E-state index is 0.298. The highest BCUT2D eigenvalue weighted by molar-refractivity contribution is 7.89. The van der Waals surface area contributed by atoms with Gasteiger partial charge in [0.15, 0.2) is 0 Å². The zero-order chi connectivity index (χ0) is 13.2. The van der Waals surface area contributed by atoms with E-state index in [1.165, 1.54) is 4.31 Å². The van der Waals surface area contributed by atoms with Gasteiger partial charge in [-0.2, -0.15) is 5.26 Å². The van der Waals surface area contributed by atoms with E-state index in [0.29, 0.717) is 23.8 Å². The molecule has 2 rings (SSSR count). The largest absolute Gasteiger partial charge is 0.242 e. The molecule has 0 saturated heterocycles. The fourth-order valence-corrected chi connectivity index (χ4v) is 3.06. The van der Waals surface area contributed by atoms with Crippen LogP contribution in [0.1, 0.15) is 18.4 Å². The van der Waals surface area contributed by atoms with Crippen molar-refractivity contribution in [1.82, 2.24) is 4.31 Å². The second-order valence-corrected chi connectivity index (χ2v) is 6.75. The van der Waals surface area contributed by atoms with Crippen molar-refractivity contribution in [2.75, 3.05) is 13.6 Å². The molecular formula is C13H16N2O2S. The molecule has 0 N–H and O–H groups in total. The average molecular weight is 264 g/mol. The molecule has 18 heavy (non-hydrogen) atoms. The van der Waals surface area contributed by atoms with Crippen LogP contribution in [0.15, 0.2) is 29.2 Å². The molecule has 0 amide bonds. The molecule has 0 bridgehead atoms. The normalized spacial score (nSPS) is 15.6. The van der Waals surface area contributed by atoms with Gasteiger partial charge in [-0.3, -0.25) is 0 Å². The highest BCUT2D eigenvalue weighted by Crippen LogP contribution is 2.30. The summed E-state index contributed by atoms with van der Waals surface area (Å²) < 4.78 is 25.9. The van der Waals surface area contributed by atoms with E-state index in [9.17, 15) is 8.42 Å². The first-order chi connectivity index (χ1) is 8.54. The van der Waals surface area contributed by atoms with Crippen LogP contribution in [0.2, 0.25) is 0 Å². The van der Waals surface area contributed by atoms with Crippen LogP contribution in [-0.2, 0) is 16.4 Å². The Balaban J connectivity index is 2.15. The molecule has 5 heteroatoms. The summed E-state index contributed by atoms with van der Waals surface area (Å²) >= 11 is 0. The van der Waals surface area contributed by atoms with Crippen molar-refractivity contribution in [1.29, 1.82) is 5.26 Å². The number of nitriles is 1. The molecular weight excluding hydrogens is 248 g/mol. The van der Waals surface area contributed by atoms with Gasteiger partial charge >= 0.3 is 0 Å². The van der Waals surface area contributed by atoms with Gasteiger partial charge in [-0.25, -0.2) is 12.7 Å². The third-order valence-electron chi connectivity index (χ3n) is 3.13. The fraction of sp³-hybridized carbons (Fsp3) is 0.462. The average Bonchev–Trinajstić information content (AvgIpc) is 3.14. The van der Waals surface area contributed by atoms with Crippen molar-refractivity contribution >= 4 is 10.0 Å². The molecule has 96 valence electrons. The molecule has 0 atom stereocenters. The maximum absolute atomic E-state index is 12.2. The molecule has 1 aromatic carbocycles. The molecule has 1 aliphatic rings. The minimum atomic E-state index is -3.38. The van der Waals surface area contributed by atoms with Crippen LogP contribution in [0.3, 0.4) is 0 Å². The van der Waals surface area contributed by atoms with Crippen LogP contribution in [0, 0.1) is 17.2 Å². The quantitative estimate of drug-likeness (QED) is 0.814. The van der Waals surface area contributed by atoms with Gasteiger partial charge in [0.05, 0.1) is 17.4 Å². The zero-order valence-electron chi connectivity index (χ0n) is 10.3. The maximum atomic E-state index is 12.2. The predicted molar refractivity (Wildman–Crippen MR) is 68.3 cm³/mol. The Kier molecular flexibility index (Phi) is 3.69. The second-order valence-electron chi connectivity index (χ2n) is 4.71. The van der Waals surface area contributed by atoms with Gasteiger partial charge in [0.1, 0.15) is 0 Å². The lowest BCUT2D eigenvalue weighted by Crippen LogP contribution is -2.28. The molecule has 1 aromatic rings. The third-order valence-corrected chi connectivity index (χ3v) is 4.96. The van der Waals surface area contributed by atoms with Crippen molar-refractivity contribution in [3.8, 4) is 6.07 Å². The monoisotopic (exact) mass is 264 g/mol. The van der Waals surface area contributed by atoms with E-state index in [0.717, 1.165) is 18.4 Å². The van der Waals surface area contributed by atoms with Crippen molar-refractivity contribution in [3.05, 3.63) is 29.8 Å². The summed E-state index contributed by atoms with van der Waals surface area (Å²) in [5.74, 6) is 0.530. The summed E-state index contributed by atoms with van der Waals surface area (Å²) in [5.41, 5.74) is 0.835. The summed E-state index contributed by atoms with van der Waals surface area (Å²) in [6.07, 6.45) is 2.56. The summed E-state index contributed by atoms with van der Waals surface area (Å²) in [6.45, 7) is 0.599. The minimum Gasteiger partial charge on any atom is -0.207 e. The third kappa shape index (κ3) is 2.89. The Morgan fingerprint density at radius 1 is 1.33 bits per heavy atom. The van der Waals surface area contributed by atoms with Gasteiger partial charge in [0.25, 0.3) is 0 Å². The van der Waals surface area contributed by atoms with Crippen molar-refractivity contribution in [2.24, 2.45) is 5.92 Å². The summed E-state index contributed by atoms with van der Waals surface area (Å²) in [6, 6.07) is 8.58. The van der Waals surface area contributed by atoms with Gasteiger partial charge in [0, 0.05) is 13.6 Å². The summed E-state index contributed by atoms with van der Waals surface area (Å²) in [4.78, 5) is 0.298. The van der Waals surface area contributed by atoms with Gasteiger partial charge in [-0.15, -0.1) is 0 Å². The first kappa shape index (κ1) is 13.1. The molecule has 0 aliphatic heterocycles. The molecule has 0 heterocycles. The SMILES string of the molecule is CN(CC1CC1)S(=O)(=O)c1ccc(CC#N)cc1. The van der Waals surface area contributed by atoms with E-state index in [1.54, 1.807) is 31.3 Å². The molecule has 4 nitrogen and oxygen atoms in total. The molecule has 1 fully saturated rings. The predicted octanol–water partition coefficient (Wildman–Crippen LogP) is 1.78. The standard InChI is InChI=1S/C13H16N2O2S/c1-15(10-12-2-3-12)18(16,17)13-6-4-11(5-7-13)8-9-14/h4-7,12H,2-3,8,10H2,1H3. The maximum Gasteiger partial charge on any atom is 0.242 e. The van der Waals surface area contributed by atoms with E-state index in [1.807, 2.05) is 6.07 Å². The van der Waals surface area contributed by atoms with Gasteiger partial charge in [-0.05, 0) is 36.5 Å². The smallest absolute Gasteiger partial charge is 0.207 e. The highest BCUT2D eigenvalue weighted by atomic mass is 32.2. The molecule has 1 saturated carbocycles. The fourth-order valence-electron chi connectivity index (χ4n) is 1.81. The van der Waals surface area contributed by atoms with Crippen LogP contribution >= 0.6 is 0 Å². The highest BCUT2D eigenvalue weighted by Gasteiger charge is 2.28. The molecule has 0 unspecified atom stereocenters. The van der Waals surface area contributed by atoms with E-state index >= 15 is 0 Å². The Labute approximate surface area is 108 Å². The Morgan fingerprint density at radius 3 is 2.44 bits per heavy atom. The number of nitrogens with zero attached hydrogens (tertiary/aromatic N) is 2. The van der Waals surface area contributed by atoms with E-state index < -0.39 is 10.0 Å². The van der Waals surface area contributed by atoms with Crippen LogP contribution in [0.25, 0.3) is 0 Å². The lowest BCUT2D eigenvalue weighted by atomic mass is 10.2. The van der Waals surface area contributed by atoms with E-state index in [4.69, 9.17) is 5.26 Å². The molecule has 0 radical (unpaired) electrons. The van der Waals surface area contributed by atoms with Gasteiger partial charge in [0.2, 0.25) is 10.0 Å². The first-order valence-corrected chi connectivity index (χ1v) is 7.40. The van der Waals surface area contributed by atoms with Crippen LogP contribution in [-0.4, -0.2) is 26.3 Å². The molecule has 0 aromatic heterocycles. The van der Waals surface area contributed by atoms with Crippen molar-refractivity contribution < 1.29 is 8.42 Å². The Morgan fingerprint density at radius 2 is 1.94 bits per heavy atom. The lowest BCUT2D eigenvalue weighted by molar-refractivity contribution is 0.453. The number of sulfonamides is 1. The second kappa shape index (κ2) is 5.09. The summed E-state index contributed by atoms with van der Waals surface area (Å²) in [7, 11) is -1.75. The topological polar surface area (TPSA) is 61.2 Å². The Hall–Kier alpha value is -1.38. The van der Waals surface area contributed by atoms with Gasteiger partial charge in [-0.1, -0.05) is 12.1 Å². The number of hydrogen-bond acceptors (Lipinski definition) is 3. The van der Waals surface area contributed by atoms with E-state index in [-0.39, 0.29) is 0 Å². The van der Waals surface area contributed by atoms with Crippen molar-refractivity contribution in [2.45, 2.75) is 24.2 Å².